The summed E-state index contributed by atoms with van der Waals surface area (Å²) in [5, 5.41) is 9.11. The van der Waals surface area contributed by atoms with Gasteiger partial charge in [-0.2, -0.15) is 0 Å². The predicted molar refractivity (Wildman–Crippen MR) is 71.4 cm³/mol. The standard InChI is InChI=1S/C13H15BrFNO3/c1-8-7-19-9(6-17)5-16(8)13(18)10-3-2-4-11(15)12(10)14/h2-4,8-9,17H,5-7H2,1H3. The maximum atomic E-state index is 13.5. The first-order valence-corrected chi connectivity index (χ1v) is 6.81. The second-order valence-corrected chi connectivity index (χ2v) is 5.34. The minimum Gasteiger partial charge on any atom is -0.394 e. The molecule has 104 valence electrons. The van der Waals surface area contributed by atoms with E-state index in [2.05, 4.69) is 15.9 Å². The Bertz CT molecular complexity index is 483. The molecular formula is C13H15BrFNO3. The zero-order valence-corrected chi connectivity index (χ0v) is 12.1. The van der Waals surface area contributed by atoms with E-state index in [9.17, 15) is 9.18 Å². The highest BCUT2D eigenvalue weighted by Gasteiger charge is 2.31. The summed E-state index contributed by atoms with van der Waals surface area (Å²) in [4.78, 5) is 14.0. The molecule has 0 radical (unpaired) electrons. The van der Waals surface area contributed by atoms with Crippen molar-refractivity contribution >= 4 is 21.8 Å². The Morgan fingerprint density at radius 1 is 1.63 bits per heavy atom. The van der Waals surface area contributed by atoms with Gasteiger partial charge in [-0.25, -0.2) is 4.39 Å². The molecule has 1 fully saturated rings. The Kier molecular flexibility index (Phi) is 4.54. The number of benzene rings is 1. The number of halogens is 2. The monoisotopic (exact) mass is 331 g/mol. The smallest absolute Gasteiger partial charge is 0.255 e. The number of carbonyl (C=O) groups is 1. The summed E-state index contributed by atoms with van der Waals surface area (Å²) in [6.07, 6.45) is -0.382. The Labute approximate surface area is 119 Å². The van der Waals surface area contributed by atoms with Crippen LogP contribution in [0.25, 0.3) is 0 Å². The average molecular weight is 332 g/mol. The van der Waals surface area contributed by atoms with Crippen LogP contribution in [0.1, 0.15) is 17.3 Å². The number of morpholine rings is 1. The van der Waals surface area contributed by atoms with Crippen molar-refractivity contribution in [2.24, 2.45) is 0 Å². The lowest BCUT2D eigenvalue weighted by Gasteiger charge is -2.37. The first-order chi connectivity index (χ1) is 9.04. The van der Waals surface area contributed by atoms with Gasteiger partial charge in [0.2, 0.25) is 0 Å². The van der Waals surface area contributed by atoms with Crippen LogP contribution in [-0.2, 0) is 4.74 Å². The molecule has 1 aliphatic rings. The van der Waals surface area contributed by atoms with Crippen LogP contribution in [0.4, 0.5) is 4.39 Å². The summed E-state index contributed by atoms with van der Waals surface area (Å²) in [7, 11) is 0. The molecule has 1 saturated heterocycles. The highest BCUT2D eigenvalue weighted by atomic mass is 79.9. The maximum Gasteiger partial charge on any atom is 0.255 e. The van der Waals surface area contributed by atoms with Gasteiger partial charge in [-0.05, 0) is 35.0 Å². The normalized spacial score (nSPS) is 23.5. The number of aliphatic hydroxyl groups excluding tert-OH is 1. The molecular weight excluding hydrogens is 317 g/mol. The highest BCUT2D eigenvalue weighted by Crippen LogP contribution is 2.24. The van der Waals surface area contributed by atoms with E-state index in [1.165, 1.54) is 12.1 Å². The number of ether oxygens (including phenoxy) is 1. The van der Waals surface area contributed by atoms with E-state index >= 15 is 0 Å². The average Bonchev–Trinajstić information content (AvgIpc) is 2.42. The quantitative estimate of drug-likeness (QED) is 0.899. The van der Waals surface area contributed by atoms with Crippen molar-refractivity contribution in [2.45, 2.75) is 19.1 Å². The number of hydrogen-bond acceptors (Lipinski definition) is 3. The van der Waals surface area contributed by atoms with Crippen molar-refractivity contribution < 1.29 is 19.0 Å². The maximum absolute atomic E-state index is 13.5. The van der Waals surface area contributed by atoms with Crippen LogP contribution in [-0.4, -0.2) is 47.8 Å². The molecule has 19 heavy (non-hydrogen) atoms. The molecule has 1 aromatic carbocycles. The summed E-state index contributed by atoms with van der Waals surface area (Å²) < 4.78 is 19.0. The van der Waals surface area contributed by atoms with E-state index < -0.39 is 5.82 Å². The van der Waals surface area contributed by atoms with Crippen molar-refractivity contribution in [1.82, 2.24) is 4.90 Å². The van der Waals surface area contributed by atoms with Crippen LogP contribution >= 0.6 is 15.9 Å². The number of carbonyl (C=O) groups excluding carboxylic acids is 1. The summed E-state index contributed by atoms with van der Waals surface area (Å²) in [6, 6.07) is 4.26. The Morgan fingerprint density at radius 3 is 3.05 bits per heavy atom. The fourth-order valence-corrected chi connectivity index (χ4v) is 2.47. The van der Waals surface area contributed by atoms with E-state index in [0.29, 0.717) is 13.2 Å². The van der Waals surface area contributed by atoms with Gasteiger partial charge in [-0.15, -0.1) is 0 Å². The van der Waals surface area contributed by atoms with Crippen molar-refractivity contribution in [1.29, 1.82) is 0 Å². The van der Waals surface area contributed by atoms with Gasteiger partial charge in [0.25, 0.3) is 5.91 Å². The molecule has 0 spiro atoms. The third-order valence-electron chi connectivity index (χ3n) is 3.15. The number of hydrogen-bond donors (Lipinski definition) is 1. The summed E-state index contributed by atoms with van der Waals surface area (Å²) in [5.74, 6) is -0.730. The van der Waals surface area contributed by atoms with Crippen molar-refractivity contribution in [2.75, 3.05) is 19.8 Å². The van der Waals surface area contributed by atoms with Gasteiger partial charge in [0.05, 0.1) is 35.4 Å². The largest absolute Gasteiger partial charge is 0.394 e. The molecule has 1 aliphatic heterocycles. The summed E-state index contributed by atoms with van der Waals surface area (Å²) in [6.45, 7) is 2.39. The molecule has 2 atom stereocenters. The van der Waals surface area contributed by atoms with E-state index in [-0.39, 0.29) is 34.7 Å². The molecule has 1 aromatic rings. The van der Waals surface area contributed by atoms with Gasteiger partial charge in [-0.1, -0.05) is 6.07 Å². The zero-order valence-electron chi connectivity index (χ0n) is 10.5. The number of rotatable bonds is 2. The summed E-state index contributed by atoms with van der Waals surface area (Å²) >= 11 is 3.10. The molecule has 1 amide bonds. The molecule has 2 unspecified atom stereocenters. The van der Waals surface area contributed by atoms with E-state index in [1.807, 2.05) is 6.92 Å². The number of amides is 1. The Hall–Kier alpha value is -0.980. The van der Waals surface area contributed by atoms with Crippen molar-refractivity contribution in [3.05, 3.63) is 34.1 Å². The van der Waals surface area contributed by atoms with Gasteiger partial charge in [0.1, 0.15) is 5.82 Å². The Morgan fingerprint density at radius 2 is 2.37 bits per heavy atom. The minimum absolute atomic E-state index is 0.106. The molecule has 0 bridgehead atoms. The van der Waals surface area contributed by atoms with E-state index in [0.717, 1.165) is 0 Å². The molecule has 1 N–H and O–H groups in total. The lowest BCUT2D eigenvalue weighted by molar-refractivity contribution is -0.0667. The van der Waals surface area contributed by atoms with Crippen LogP contribution in [0.2, 0.25) is 0 Å². The molecule has 0 aromatic heterocycles. The molecule has 0 saturated carbocycles. The van der Waals surface area contributed by atoms with E-state index in [1.54, 1.807) is 11.0 Å². The molecule has 4 nitrogen and oxygen atoms in total. The topological polar surface area (TPSA) is 49.8 Å². The molecule has 6 heteroatoms. The lowest BCUT2D eigenvalue weighted by atomic mass is 10.1. The third kappa shape index (κ3) is 2.96. The molecule has 2 rings (SSSR count). The van der Waals surface area contributed by atoms with Crippen LogP contribution in [0.3, 0.4) is 0 Å². The molecule has 1 heterocycles. The highest BCUT2D eigenvalue weighted by molar-refractivity contribution is 9.10. The SMILES string of the molecule is CC1COC(CO)CN1C(=O)c1cccc(F)c1Br. The van der Waals surface area contributed by atoms with Gasteiger partial charge < -0.3 is 14.7 Å². The molecule has 0 aliphatic carbocycles. The van der Waals surface area contributed by atoms with Crippen LogP contribution in [0.15, 0.2) is 22.7 Å². The second kappa shape index (κ2) is 5.98. The van der Waals surface area contributed by atoms with Crippen LogP contribution in [0, 0.1) is 5.82 Å². The first kappa shape index (κ1) is 14.4. The third-order valence-corrected chi connectivity index (χ3v) is 3.96. The van der Waals surface area contributed by atoms with Crippen molar-refractivity contribution in [3.8, 4) is 0 Å². The van der Waals surface area contributed by atoms with Crippen LogP contribution < -0.4 is 0 Å². The summed E-state index contributed by atoms with van der Waals surface area (Å²) in [5.41, 5.74) is 0.283. The lowest BCUT2D eigenvalue weighted by Crippen LogP contribution is -2.52. The number of aliphatic hydroxyl groups is 1. The van der Waals surface area contributed by atoms with Crippen LogP contribution in [0.5, 0.6) is 0 Å². The van der Waals surface area contributed by atoms with Crippen molar-refractivity contribution in [3.63, 3.8) is 0 Å². The first-order valence-electron chi connectivity index (χ1n) is 6.02. The minimum atomic E-state index is -0.467. The fraction of sp³-hybridized carbons (Fsp3) is 0.462. The van der Waals surface area contributed by atoms with Gasteiger partial charge in [0, 0.05) is 6.54 Å². The zero-order chi connectivity index (χ0) is 14.0. The number of nitrogens with zero attached hydrogens (tertiary/aromatic N) is 1. The second-order valence-electron chi connectivity index (χ2n) is 4.55. The van der Waals surface area contributed by atoms with Gasteiger partial charge in [0.15, 0.2) is 0 Å². The predicted octanol–water partition coefficient (Wildman–Crippen LogP) is 1.81. The fourth-order valence-electron chi connectivity index (χ4n) is 2.03. The van der Waals surface area contributed by atoms with Gasteiger partial charge in [-0.3, -0.25) is 4.79 Å². The Balaban J connectivity index is 2.24. The van der Waals surface area contributed by atoms with Gasteiger partial charge >= 0.3 is 0 Å². The van der Waals surface area contributed by atoms with E-state index in [4.69, 9.17) is 9.84 Å².